The van der Waals surface area contributed by atoms with Crippen LogP contribution in [0.25, 0.3) is 0 Å². The van der Waals surface area contributed by atoms with Crippen molar-refractivity contribution in [1.29, 1.82) is 0 Å². The molecule has 0 aliphatic heterocycles. The average Bonchev–Trinajstić information content (AvgIpc) is 0.941. The van der Waals surface area contributed by atoms with Crippen molar-refractivity contribution in [2.24, 2.45) is 75.5 Å². The quantitative estimate of drug-likeness (QED) is 0.0215. The monoisotopic (exact) mass is 2690 g/mol. The third-order valence-electron chi connectivity index (χ3n) is 12.7. The van der Waals surface area contributed by atoms with Crippen LogP contribution in [0.4, 0.5) is 0 Å². The van der Waals surface area contributed by atoms with Gasteiger partial charge in [0.25, 0.3) is 0 Å². The van der Waals surface area contributed by atoms with E-state index in [4.69, 9.17) is 107 Å². The number of aliphatic carboxylic acids is 12. The van der Waals surface area contributed by atoms with Crippen molar-refractivity contribution in [3.8, 4) is 0 Å². The van der Waals surface area contributed by atoms with Crippen LogP contribution < -0.4 is 61.8 Å². The Labute approximate surface area is 834 Å². The van der Waals surface area contributed by atoms with Gasteiger partial charge >= 0.3 is 114 Å². The summed E-state index contributed by atoms with van der Waals surface area (Å²) in [5.41, 5.74) is 40.9. The number of carboxylic acids is 12. The standard InChI is InChI=1S/2C7H14N.3C6H10O3S.3C5H9NO3S.6C3H7NO2S.4Pt/c2*1-6-4-2-3-5-7(6)8;3*1-4(7)2-5(3-10)6(8)9;3*1-3(7)6-4(2-10)5(8)9;6*4-2(1-7)3(5)6;;;;/h2*6-7H,1-5,8H2;3*5,10H,2-3H2,1H3,(H,8,9);3*4,10H,2H2,1H3,(H,6,7)(H,8,9);6*2,7H,1,4H2,(H,5,6);;;;/q2*+1;;;;;;;;;;;;;;;2*+4/p-12/t2*6-,7-;3*5-;3*4-;6*2-;;;;/m11100110110000..../s1. The topological polar surface area (TPSA) is 794 Å². The molecule has 0 saturated heterocycles. The van der Waals surface area contributed by atoms with Crippen LogP contribution >= 0.6 is 0 Å². The molecule has 0 bridgehead atoms. The van der Waals surface area contributed by atoms with Crippen molar-refractivity contribution < 1.29 is 232 Å². The van der Waals surface area contributed by atoms with Crippen molar-refractivity contribution in [2.75, 3.05) is 69.0 Å². The minimum absolute atomic E-state index is 0. The Morgan fingerprint density at radius 2 is 0.426 bits per heavy atom. The maximum Gasteiger partial charge on any atom is 4.00 e. The van der Waals surface area contributed by atoms with Crippen LogP contribution in [0.3, 0.4) is 0 Å². The maximum atomic E-state index is 10.4. The van der Waals surface area contributed by atoms with Gasteiger partial charge in [-0.2, -0.15) is 51.8 Å². The van der Waals surface area contributed by atoms with Crippen molar-refractivity contribution in [2.45, 2.75) is 179 Å². The van der Waals surface area contributed by atoms with Gasteiger partial charge in [0.05, 0.1) is 50.1 Å². The predicted octanol–water partition coefficient (Wildman–Crippen LogP) is -5.66. The second-order valence-electron chi connectivity index (χ2n) is 23.7. The Bertz CT molecular complexity index is 2420. The van der Waals surface area contributed by atoms with Gasteiger partial charge in [0.1, 0.15) is 47.3 Å². The van der Waals surface area contributed by atoms with Crippen LogP contribution in [-0.2, 0) is 322 Å². The predicted molar refractivity (Wildman–Crippen MR) is 466 cm³/mol. The fraction of sp³-hybridized carbons (Fsp3) is 0.692. The number of carboxylic acid groups (broad SMARTS) is 12. The minimum Gasteiger partial charge on any atom is -0.792 e. The number of ketones is 3. The van der Waals surface area contributed by atoms with Gasteiger partial charge in [0.2, 0.25) is 17.7 Å². The number of Topliss-reactive ketones (excluding diaryl/α,β-unsaturated/α-hetero) is 3. The van der Waals surface area contributed by atoms with Crippen LogP contribution in [0.1, 0.15) is 112 Å². The smallest absolute Gasteiger partial charge is 0.792 e. The zero-order chi connectivity index (χ0) is 96.0. The number of hydrogen-bond donors (Lipinski definition) is 23. The Morgan fingerprint density at radius 3 is 0.467 bits per heavy atom. The van der Waals surface area contributed by atoms with Crippen molar-refractivity contribution in [3.63, 3.8) is 0 Å². The summed E-state index contributed by atoms with van der Waals surface area (Å²) in [5.74, 6) is -14.1. The zero-order valence-corrected chi connectivity index (χ0v) is 85.8. The normalized spacial score (nSPS) is 15.9. The molecule has 31 N–H and O–H groups in total. The first-order valence-electron chi connectivity index (χ1n) is 33.9. The van der Waals surface area contributed by atoms with Gasteiger partial charge in [0, 0.05) is 112 Å². The molecule has 2 aliphatic carbocycles. The van der Waals surface area contributed by atoms with Crippen molar-refractivity contribution in [3.05, 3.63) is 13.8 Å². The Morgan fingerprint density at radius 1 is 0.279 bits per heavy atom. The van der Waals surface area contributed by atoms with E-state index in [1.165, 1.54) is 92.9 Å². The molecule has 3 amide bonds. The zero-order valence-electron chi connectivity index (χ0n) is 66.9. The van der Waals surface area contributed by atoms with E-state index in [1.807, 2.05) is 0 Å². The van der Waals surface area contributed by atoms with Crippen molar-refractivity contribution in [1.82, 2.24) is 16.0 Å². The number of amides is 3. The van der Waals surface area contributed by atoms with E-state index in [1.54, 1.807) is 0 Å². The molecule has 0 heterocycles. The molecular weight excluding hydrogens is 2580 g/mol. The number of rotatable bonds is 33. The van der Waals surface area contributed by atoms with Gasteiger partial charge in [0.15, 0.2) is 0 Å². The second kappa shape index (κ2) is 104. The molecule has 0 aromatic carbocycles. The summed E-state index contributed by atoms with van der Waals surface area (Å²) in [4.78, 5) is 182. The summed E-state index contributed by atoms with van der Waals surface area (Å²) in [7, 11) is 0. The summed E-state index contributed by atoms with van der Waals surface area (Å²) in [6.07, 6.45) is 10.3. The Hall–Kier alpha value is -2.57. The summed E-state index contributed by atoms with van der Waals surface area (Å²) >= 11 is 53.1. The number of nitrogens with two attached hydrogens (primary N) is 8. The van der Waals surface area contributed by atoms with Crippen LogP contribution in [0.2, 0.25) is 0 Å². The van der Waals surface area contributed by atoms with E-state index in [-0.39, 0.29) is 208 Å². The fourth-order valence-corrected chi connectivity index (χ4v) is 8.17. The Balaban J connectivity index is -0.0000000708. The second-order valence-corrected chi connectivity index (χ2v) is 27.7. The first-order valence-corrected chi connectivity index (χ1v) is 40.8. The van der Waals surface area contributed by atoms with Gasteiger partial charge in [-0.25, -0.2) is 0 Å². The summed E-state index contributed by atoms with van der Waals surface area (Å²) in [6, 6.07) is -7.18. The summed E-state index contributed by atoms with van der Waals surface area (Å²) < 4.78 is 0. The van der Waals surface area contributed by atoms with Gasteiger partial charge < -0.3 is 289 Å². The molecule has 2 aliphatic rings. The van der Waals surface area contributed by atoms with Crippen LogP contribution in [0.5, 0.6) is 0 Å². The van der Waals surface area contributed by atoms with Crippen molar-refractivity contribution >= 4 is 258 Å². The third-order valence-corrected chi connectivity index (χ3v) is 17.1. The molecule has 41 nitrogen and oxygen atoms in total. The van der Waals surface area contributed by atoms with E-state index in [9.17, 15) is 86.3 Å². The number of hydrogen-bond acceptors (Lipinski definition) is 38. The van der Waals surface area contributed by atoms with E-state index >= 15 is 0 Å². The summed E-state index contributed by atoms with van der Waals surface area (Å²) in [5, 5.41) is 105. The summed E-state index contributed by atoms with van der Waals surface area (Å²) in [6.45, 7) is 15.7. The number of carbonyl (C=O) groups is 18. The first kappa shape index (κ1) is 157. The number of nitrogens with one attached hydrogen (secondary N) is 3. The van der Waals surface area contributed by atoms with Gasteiger partial charge in [-0.05, 0) is 59.3 Å². The van der Waals surface area contributed by atoms with Gasteiger partial charge in [-0.3, -0.25) is 71.9 Å². The Kier molecular flexibility index (Phi) is 133. The van der Waals surface area contributed by atoms with E-state index in [0.29, 0.717) is 23.9 Å². The molecule has 2 rings (SSSR count). The largest absolute Gasteiger partial charge is 4.00 e. The maximum absolute atomic E-state index is 10.4. The van der Waals surface area contributed by atoms with Gasteiger partial charge in [-0.1, -0.05) is 12.8 Å². The molecule has 57 heteroatoms. The first-order chi connectivity index (χ1) is 54.1. The molecule has 0 unspecified atom stereocenters. The van der Waals surface area contributed by atoms with E-state index < -0.39 is 144 Å². The molecule has 122 heavy (non-hydrogen) atoms. The molecular formula is C65H115N11O30Pt4S12-2. The van der Waals surface area contributed by atoms with Crippen LogP contribution in [-0.4, -0.2) is 303 Å². The average molecular weight is 2700 g/mol. The van der Waals surface area contributed by atoms with E-state index in [2.05, 4.69) is 181 Å². The SMILES string of the molecule is CC(=O)C[C@@H](C[S-])C(=O)O.CC(=O)C[C@@H](C[S-])C(=O)O.CC(=O)C[C@H](C[S-])C(=O)O.CC(=O)N[C@@H](C[S-])C(=O)O.CC(=O)N[C@H](C[S-])C(=O)O.CC(=O)N[C@H](C[S-])C(=O)O.N[C@@H](C[S-])C(=O)O.N[C@@H](C[S-])C(=O)O.N[C@@H](C[S-])C(=O)O.N[C@@H](C[S-])C(=O)O.N[C@H](C[S-])C(=O)O.N[C@H](C[S-])C(=O)O.[CH2+][C@@H]1CCCC[C@H]1N.[CH2+][C@@H]1CCCC[C@H]1N.[Pt+4].[Pt+4].[Pt].[Pt]. The molecule has 0 radical (unpaired) electrons. The van der Waals surface area contributed by atoms with Gasteiger partial charge in [-0.15, -0.1) is 17.3 Å². The molecule has 724 valence electrons. The van der Waals surface area contributed by atoms with Crippen LogP contribution in [0, 0.1) is 43.4 Å². The van der Waals surface area contributed by atoms with Crippen LogP contribution in [0.15, 0.2) is 0 Å². The third kappa shape index (κ3) is 119. The number of carbonyl (C=O) groups excluding carboxylic acids is 6. The molecule has 16 atom stereocenters. The molecule has 0 aromatic heterocycles. The molecule has 0 spiro atoms. The molecule has 2 fully saturated rings. The van der Waals surface area contributed by atoms with E-state index in [0.717, 1.165) is 0 Å². The minimum atomic E-state index is -1.09. The fourth-order valence-electron chi connectivity index (χ4n) is 5.85. The molecule has 2 saturated carbocycles. The molecule has 0 aromatic rings.